The number of hydrogen-bond donors (Lipinski definition) is 2. The first-order valence-corrected chi connectivity index (χ1v) is 4.78. The maximum atomic E-state index is 10.8. The molecular weight excluding hydrogens is 178 g/mol. The maximum absolute atomic E-state index is 10.8. The van der Waals surface area contributed by atoms with E-state index in [1.807, 2.05) is 6.07 Å². The standard InChI is InChI=1S/C11H13NO2/c1-7-10-6-9(11(13)14)3-2-8(10)4-5-12-7/h2-3,6-7,12H,4-5H2,1H3,(H,13,14)/t7-/m0/s1. The second kappa shape index (κ2) is 3.42. The van der Waals surface area contributed by atoms with E-state index in [9.17, 15) is 4.79 Å². The highest BCUT2D eigenvalue weighted by molar-refractivity contribution is 5.88. The van der Waals surface area contributed by atoms with Gasteiger partial charge in [0.1, 0.15) is 0 Å². The fourth-order valence-electron chi connectivity index (χ4n) is 1.89. The molecule has 1 aromatic rings. The molecule has 0 radical (unpaired) electrons. The Balaban J connectivity index is 2.45. The van der Waals surface area contributed by atoms with Crippen LogP contribution in [0.3, 0.4) is 0 Å². The molecule has 0 bridgehead atoms. The fourth-order valence-corrected chi connectivity index (χ4v) is 1.89. The summed E-state index contributed by atoms with van der Waals surface area (Å²) < 4.78 is 0. The van der Waals surface area contributed by atoms with Crippen molar-refractivity contribution in [3.8, 4) is 0 Å². The number of hydrogen-bond acceptors (Lipinski definition) is 2. The molecule has 1 aliphatic rings. The molecule has 3 heteroatoms. The molecular formula is C11H13NO2. The molecule has 0 aromatic heterocycles. The highest BCUT2D eigenvalue weighted by Crippen LogP contribution is 2.23. The zero-order chi connectivity index (χ0) is 10.1. The van der Waals surface area contributed by atoms with Gasteiger partial charge in [-0.2, -0.15) is 0 Å². The summed E-state index contributed by atoms with van der Waals surface area (Å²) in [5, 5.41) is 12.2. The Morgan fingerprint density at radius 2 is 2.36 bits per heavy atom. The molecule has 2 N–H and O–H groups in total. The summed E-state index contributed by atoms with van der Waals surface area (Å²) in [4.78, 5) is 10.8. The van der Waals surface area contributed by atoms with E-state index >= 15 is 0 Å². The summed E-state index contributed by atoms with van der Waals surface area (Å²) >= 11 is 0. The van der Waals surface area contributed by atoms with Crippen molar-refractivity contribution in [2.24, 2.45) is 0 Å². The van der Waals surface area contributed by atoms with Crippen LogP contribution in [0.25, 0.3) is 0 Å². The smallest absolute Gasteiger partial charge is 0.335 e. The van der Waals surface area contributed by atoms with Gasteiger partial charge < -0.3 is 10.4 Å². The van der Waals surface area contributed by atoms with Gasteiger partial charge in [0, 0.05) is 6.04 Å². The molecule has 1 heterocycles. The van der Waals surface area contributed by atoms with Crippen LogP contribution in [0.2, 0.25) is 0 Å². The summed E-state index contributed by atoms with van der Waals surface area (Å²) in [5.41, 5.74) is 2.76. The molecule has 0 unspecified atom stereocenters. The number of carbonyl (C=O) groups is 1. The lowest BCUT2D eigenvalue weighted by Crippen LogP contribution is -2.28. The van der Waals surface area contributed by atoms with Crippen LogP contribution >= 0.6 is 0 Å². The van der Waals surface area contributed by atoms with Crippen LogP contribution in [0.15, 0.2) is 18.2 Å². The van der Waals surface area contributed by atoms with E-state index < -0.39 is 5.97 Å². The fraction of sp³-hybridized carbons (Fsp3) is 0.364. The van der Waals surface area contributed by atoms with Crippen molar-refractivity contribution >= 4 is 5.97 Å². The average Bonchev–Trinajstić information content (AvgIpc) is 2.18. The van der Waals surface area contributed by atoms with E-state index in [1.54, 1.807) is 12.1 Å². The lowest BCUT2D eigenvalue weighted by Gasteiger charge is -2.24. The Bertz CT molecular complexity index is 374. The lowest BCUT2D eigenvalue weighted by molar-refractivity contribution is 0.0696. The maximum Gasteiger partial charge on any atom is 0.335 e. The zero-order valence-electron chi connectivity index (χ0n) is 8.08. The average molecular weight is 191 g/mol. The van der Waals surface area contributed by atoms with Gasteiger partial charge in [-0.1, -0.05) is 6.07 Å². The molecule has 0 amide bonds. The highest BCUT2D eigenvalue weighted by atomic mass is 16.4. The first kappa shape index (κ1) is 9.21. The van der Waals surface area contributed by atoms with E-state index in [4.69, 9.17) is 5.11 Å². The Morgan fingerprint density at radius 3 is 3.07 bits per heavy atom. The van der Waals surface area contributed by atoms with Gasteiger partial charge in [-0.15, -0.1) is 0 Å². The summed E-state index contributed by atoms with van der Waals surface area (Å²) in [6.07, 6.45) is 0.986. The van der Waals surface area contributed by atoms with Crippen LogP contribution < -0.4 is 5.32 Å². The number of nitrogens with one attached hydrogen (secondary N) is 1. The lowest BCUT2D eigenvalue weighted by atomic mass is 9.93. The third-order valence-corrected chi connectivity index (χ3v) is 2.70. The second-order valence-electron chi connectivity index (χ2n) is 3.64. The minimum atomic E-state index is -0.856. The number of carboxylic acid groups (broad SMARTS) is 1. The zero-order valence-corrected chi connectivity index (χ0v) is 8.08. The van der Waals surface area contributed by atoms with Crippen LogP contribution in [0.4, 0.5) is 0 Å². The van der Waals surface area contributed by atoms with Crippen molar-refractivity contribution in [2.75, 3.05) is 6.54 Å². The molecule has 74 valence electrons. The number of fused-ring (bicyclic) bond motifs is 1. The number of aromatic carboxylic acids is 1. The topological polar surface area (TPSA) is 49.3 Å². The third kappa shape index (κ3) is 1.51. The molecule has 14 heavy (non-hydrogen) atoms. The first-order valence-electron chi connectivity index (χ1n) is 4.78. The van der Waals surface area contributed by atoms with E-state index in [1.165, 1.54) is 5.56 Å². The number of benzene rings is 1. The van der Waals surface area contributed by atoms with Gasteiger partial charge in [0.15, 0.2) is 0 Å². The SMILES string of the molecule is C[C@@H]1NCCc2ccc(C(=O)O)cc21. The number of rotatable bonds is 1. The minimum Gasteiger partial charge on any atom is -0.478 e. The van der Waals surface area contributed by atoms with Crippen molar-refractivity contribution in [2.45, 2.75) is 19.4 Å². The molecule has 0 fully saturated rings. The molecule has 0 spiro atoms. The van der Waals surface area contributed by atoms with Gasteiger partial charge in [-0.05, 0) is 43.1 Å². The Labute approximate surface area is 82.8 Å². The van der Waals surface area contributed by atoms with Crippen LogP contribution in [-0.2, 0) is 6.42 Å². The van der Waals surface area contributed by atoms with Gasteiger partial charge in [0.25, 0.3) is 0 Å². The van der Waals surface area contributed by atoms with Crippen LogP contribution in [0.1, 0.15) is 34.5 Å². The third-order valence-electron chi connectivity index (χ3n) is 2.70. The summed E-state index contributed by atoms with van der Waals surface area (Å²) in [6, 6.07) is 5.64. The predicted molar refractivity (Wildman–Crippen MR) is 53.5 cm³/mol. The largest absolute Gasteiger partial charge is 0.478 e. The van der Waals surface area contributed by atoms with Crippen LogP contribution in [0.5, 0.6) is 0 Å². The van der Waals surface area contributed by atoms with Gasteiger partial charge >= 0.3 is 5.97 Å². The van der Waals surface area contributed by atoms with Gasteiger partial charge in [-0.25, -0.2) is 4.79 Å². The Kier molecular flexibility index (Phi) is 2.25. The van der Waals surface area contributed by atoms with E-state index in [-0.39, 0.29) is 6.04 Å². The first-order chi connectivity index (χ1) is 6.68. The van der Waals surface area contributed by atoms with E-state index in [0.29, 0.717) is 5.56 Å². The highest BCUT2D eigenvalue weighted by Gasteiger charge is 2.16. The Hall–Kier alpha value is -1.35. The van der Waals surface area contributed by atoms with Crippen molar-refractivity contribution in [3.05, 3.63) is 34.9 Å². The number of carboxylic acids is 1. The molecule has 0 saturated carbocycles. The molecule has 3 nitrogen and oxygen atoms in total. The molecule has 1 atom stereocenters. The van der Waals surface area contributed by atoms with Crippen molar-refractivity contribution in [1.82, 2.24) is 5.32 Å². The van der Waals surface area contributed by atoms with Crippen molar-refractivity contribution in [3.63, 3.8) is 0 Å². The predicted octanol–water partition coefficient (Wildman–Crippen LogP) is 1.59. The van der Waals surface area contributed by atoms with E-state index in [2.05, 4.69) is 12.2 Å². The van der Waals surface area contributed by atoms with Gasteiger partial charge in [0.2, 0.25) is 0 Å². The Morgan fingerprint density at radius 1 is 1.57 bits per heavy atom. The van der Waals surface area contributed by atoms with E-state index in [0.717, 1.165) is 18.5 Å². The quantitative estimate of drug-likeness (QED) is 0.708. The van der Waals surface area contributed by atoms with Crippen LogP contribution in [-0.4, -0.2) is 17.6 Å². The minimum absolute atomic E-state index is 0.262. The van der Waals surface area contributed by atoms with Crippen molar-refractivity contribution in [1.29, 1.82) is 0 Å². The normalized spacial score (nSPS) is 20.2. The second-order valence-corrected chi connectivity index (χ2v) is 3.64. The van der Waals surface area contributed by atoms with Crippen molar-refractivity contribution < 1.29 is 9.90 Å². The van der Waals surface area contributed by atoms with Crippen LogP contribution in [0, 0.1) is 0 Å². The van der Waals surface area contributed by atoms with Gasteiger partial charge in [0.05, 0.1) is 5.56 Å². The monoisotopic (exact) mass is 191 g/mol. The summed E-state index contributed by atoms with van der Waals surface area (Å²) in [5.74, 6) is -0.856. The molecule has 1 aromatic carbocycles. The summed E-state index contributed by atoms with van der Waals surface area (Å²) in [6.45, 7) is 3.03. The molecule has 0 aliphatic carbocycles. The molecule has 2 rings (SSSR count). The summed E-state index contributed by atoms with van der Waals surface area (Å²) in [7, 11) is 0. The molecule has 1 aliphatic heterocycles. The van der Waals surface area contributed by atoms with Gasteiger partial charge in [-0.3, -0.25) is 0 Å². The molecule has 0 saturated heterocycles.